The molecular formula is C12H15N3O2S. The molecule has 0 radical (unpaired) electrons. The zero-order chi connectivity index (χ0) is 13.3. The lowest BCUT2D eigenvalue weighted by molar-refractivity contribution is 0.597. The number of aryl methyl sites for hydroxylation is 2. The lowest BCUT2D eigenvalue weighted by Gasteiger charge is -2.05. The van der Waals surface area contributed by atoms with Crippen molar-refractivity contribution >= 4 is 10.0 Å². The quantitative estimate of drug-likeness (QED) is 0.905. The molecule has 2 aromatic rings. The van der Waals surface area contributed by atoms with Gasteiger partial charge in [-0.25, -0.2) is 13.6 Å². The molecule has 6 heteroatoms. The summed E-state index contributed by atoms with van der Waals surface area (Å²) < 4.78 is 23.8. The van der Waals surface area contributed by atoms with Gasteiger partial charge in [0.15, 0.2) is 0 Å². The molecule has 0 aliphatic heterocycles. The molecule has 0 saturated carbocycles. The fraction of sp³-hybridized carbons (Fsp3) is 0.250. The van der Waals surface area contributed by atoms with Gasteiger partial charge in [0.05, 0.1) is 12.7 Å². The zero-order valence-electron chi connectivity index (χ0n) is 10.3. The number of nitrogens with zero attached hydrogens (tertiary/aromatic N) is 2. The number of hydrogen-bond donors (Lipinski definition) is 1. The minimum atomic E-state index is -3.67. The normalized spacial score (nSPS) is 11.7. The van der Waals surface area contributed by atoms with Crippen LogP contribution in [0.2, 0.25) is 0 Å². The molecule has 0 unspecified atom stereocenters. The van der Waals surface area contributed by atoms with Crippen LogP contribution in [0.25, 0.3) is 0 Å². The zero-order valence-corrected chi connectivity index (χ0v) is 11.1. The third-order valence-corrected chi connectivity index (χ3v) is 3.43. The van der Waals surface area contributed by atoms with Gasteiger partial charge in [0.1, 0.15) is 4.90 Å². The Kier molecular flexibility index (Phi) is 3.23. The van der Waals surface area contributed by atoms with Crippen molar-refractivity contribution in [2.45, 2.75) is 25.3 Å². The third kappa shape index (κ3) is 2.96. The van der Waals surface area contributed by atoms with Crippen LogP contribution >= 0.6 is 0 Å². The van der Waals surface area contributed by atoms with Crippen LogP contribution < -0.4 is 5.14 Å². The van der Waals surface area contributed by atoms with E-state index in [1.807, 2.05) is 26.0 Å². The molecule has 2 N–H and O–H groups in total. The predicted octanol–water partition coefficient (Wildman–Crippen LogP) is 1.20. The predicted molar refractivity (Wildman–Crippen MR) is 68.6 cm³/mol. The largest absolute Gasteiger partial charge is 0.267 e. The van der Waals surface area contributed by atoms with Crippen molar-refractivity contribution in [1.82, 2.24) is 9.78 Å². The van der Waals surface area contributed by atoms with Crippen LogP contribution in [0.5, 0.6) is 0 Å². The van der Waals surface area contributed by atoms with Crippen LogP contribution in [0.3, 0.4) is 0 Å². The molecule has 96 valence electrons. The number of benzene rings is 1. The van der Waals surface area contributed by atoms with E-state index in [0.717, 1.165) is 5.56 Å². The molecule has 0 amide bonds. The van der Waals surface area contributed by atoms with Gasteiger partial charge in [0.2, 0.25) is 10.0 Å². The molecule has 0 aliphatic rings. The Balaban J connectivity index is 2.27. The highest BCUT2D eigenvalue weighted by atomic mass is 32.2. The van der Waals surface area contributed by atoms with Crippen LogP contribution in [0.15, 0.2) is 35.5 Å². The van der Waals surface area contributed by atoms with Crippen molar-refractivity contribution < 1.29 is 8.42 Å². The van der Waals surface area contributed by atoms with Crippen molar-refractivity contribution in [3.8, 4) is 0 Å². The molecule has 0 atom stereocenters. The van der Waals surface area contributed by atoms with Gasteiger partial charge in [-0.05, 0) is 19.4 Å². The third-order valence-electron chi connectivity index (χ3n) is 2.56. The van der Waals surface area contributed by atoms with E-state index >= 15 is 0 Å². The van der Waals surface area contributed by atoms with E-state index in [1.54, 1.807) is 4.68 Å². The summed E-state index contributed by atoms with van der Waals surface area (Å²) in [5.41, 5.74) is 3.42. The molecular weight excluding hydrogens is 250 g/mol. The summed E-state index contributed by atoms with van der Waals surface area (Å²) >= 11 is 0. The fourth-order valence-corrected chi connectivity index (χ4v) is 2.39. The Bertz CT molecular complexity index is 654. The first-order valence-corrected chi connectivity index (χ1v) is 7.02. The molecule has 1 heterocycles. The molecule has 1 aromatic heterocycles. The first-order chi connectivity index (χ1) is 8.34. The van der Waals surface area contributed by atoms with E-state index in [0.29, 0.717) is 6.54 Å². The maximum absolute atomic E-state index is 11.1. The molecule has 0 bridgehead atoms. The molecule has 18 heavy (non-hydrogen) atoms. The number of primary sulfonamides is 1. The number of sulfonamides is 1. The Morgan fingerprint density at radius 3 is 2.33 bits per heavy atom. The van der Waals surface area contributed by atoms with Gasteiger partial charge in [-0.1, -0.05) is 29.3 Å². The summed E-state index contributed by atoms with van der Waals surface area (Å²) in [6, 6.07) is 6.18. The SMILES string of the molecule is Cc1cc(C)cc(Cn2cc(S(N)(=O)=O)cn2)c1. The van der Waals surface area contributed by atoms with Crippen LogP contribution in [0.4, 0.5) is 0 Å². The Morgan fingerprint density at radius 1 is 1.22 bits per heavy atom. The minimum Gasteiger partial charge on any atom is -0.267 e. The smallest absolute Gasteiger partial charge is 0.241 e. The second-order valence-corrected chi connectivity index (χ2v) is 5.98. The van der Waals surface area contributed by atoms with Gasteiger partial charge in [0.25, 0.3) is 0 Å². The van der Waals surface area contributed by atoms with Crippen molar-refractivity contribution in [3.63, 3.8) is 0 Å². The van der Waals surface area contributed by atoms with E-state index in [2.05, 4.69) is 11.2 Å². The van der Waals surface area contributed by atoms with Crippen LogP contribution in [0, 0.1) is 13.8 Å². The van der Waals surface area contributed by atoms with E-state index < -0.39 is 10.0 Å². The molecule has 0 fully saturated rings. The second kappa shape index (κ2) is 4.55. The highest BCUT2D eigenvalue weighted by Crippen LogP contribution is 2.11. The Morgan fingerprint density at radius 2 is 1.83 bits per heavy atom. The molecule has 0 aliphatic carbocycles. The highest BCUT2D eigenvalue weighted by Gasteiger charge is 2.10. The van der Waals surface area contributed by atoms with Crippen molar-refractivity contribution in [2.75, 3.05) is 0 Å². The summed E-state index contributed by atoms with van der Waals surface area (Å²) in [5.74, 6) is 0. The lowest BCUT2D eigenvalue weighted by Crippen LogP contribution is -2.11. The second-order valence-electron chi connectivity index (χ2n) is 4.41. The Labute approximate surface area is 106 Å². The van der Waals surface area contributed by atoms with Crippen molar-refractivity contribution in [2.24, 2.45) is 5.14 Å². The maximum Gasteiger partial charge on any atom is 0.241 e. The number of nitrogens with two attached hydrogens (primary N) is 1. The number of aromatic nitrogens is 2. The summed E-state index contributed by atoms with van der Waals surface area (Å²) in [6.45, 7) is 4.57. The summed E-state index contributed by atoms with van der Waals surface area (Å²) in [4.78, 5) is 0.0341. The fourth-order valence-electron chi connectivity index (χ4n) is 1.93. The van der Waals surface area contributed by atoms with Crippen LogP contribution in [-0.4, -0.2) is 18.2 Å². The summed E-state index contributed by atoms with van der Waals surface area (Å²) in [6.07, 6.45) is 2.70. The van der Waals surface area contributed by atoms with Gasteiger partial charge in [0, 0.05) is 6.20 Å². The van der Waals surface area contributed by atoms with Crippen LogP contribution in [0.1, 0.15) is 16.7 Å². The number of rotatable bonds is 3. The first-order valence-electron chi connectivity index (χ1n) is 5.47. The molecule has 2 rings (SSSR count). The number of hydrogen-bond acceptors (Lipinski definition) is 3. The molecule has 1 aromatic carbocycles. The monoisotopic (exact) mass is 265 g/mol. The minimum absolute atomic E-state index is 0.0341. The average molecular weight is 265 g/mol. The van der Waals surface area contributed by atoms with Gasteiger partial charge in [-0.2, -0.15) is 5.10 Å². The van der Waals surface area contributed by atoms with Gasteiger partial charge >= 0.3 is 0 Å². The highest BCUT2D eigenvalue weighted by molar-refractivity contribution is 7.89. The van der Waals surface area contributed by atoms with E-state index in [9.17, 15) is 8.42 Å². The Hall–Kier alpha value is -1.66. The van der Waals surface area contributed by atoms with Crippen molar-refractivity contribution in [3.05, 3.63) is 47.3 Å². The van der Waals surface area contributed by atoms with E-state index in [4.69, 9.17) is 5.14 Å². The summed E-state index contributed by atoms with van der Waals surface area (Å²) in [7, 11) is -3.67. The van der Waals surface area contributed by atoms with Crippen LogP contribution in [-0.2, 0) is 16.6 Å². The van der Waals surface area contributed by atoms with Crippen molar-refractivity contribution in [1.29, 1.82) is 0 Å². The summed E-state index contributed by atoms with van der Waals surface area (Å²) in [5, 5.41) is 9.03. The molecule has 0 spiro atoms. The van der Waals surface area contributed by atoms with E-state index in [1.165, 1.54) is 23.5 Å². The topological polar surface area (TPSA) is 78.0 Å². The first kappa shape index (κ1) is 12.8. The van der Waals surface area contributed by atoms with E-state index in [-0.39, 0.29) is 4.90 Å². The molecule has 0 saturated heterocycles. The van der Waals surface area contributed by atoms with Gasteiger partial charge in [-0.3, -0.25) is 4.68 Å². The van der Waals surface area contributed by atoms with Gasteiger partial charge in [-0.15, -0.1) is 0 Å². The maximum atomic E-state index is 11.1. The standard InChI is InChI=1S/C12H15N3O2S/c1-9-3-10(2)5-11(4-9)7-15-8-12(6-14-15)18(13,16)17/h3-6,8H,7H2,1-2H3,(H2,13,16,17). The average Bonchev–Trinajstić information content (AvgIpc) is 2.63. The van der Waals surface area contributed by atoms with Gasteiger partial charge < -0.3 is 0 Å². The lowest BCUT2D eigenvalue weighted by atomic mass is 10.1. The molecule has 5 nitrogen and oxygen atoms in total.